The number of hydrogen-bond donors (Lipinski definition) is 0. The Morgan fingerprint density at radius 1 is 1.28 bits per heavy atom. The molecule has 1 aliphatic heterocycles. The molecule has 8 heteroatoms. The number of rotatable bonds is 10. The van der Waals surface area contributed by atoms with Crippen LogP contribution in [0.25, 0.3) is 0 Å². The first kappa shape index (κ1) is 23.9. The SMILES string of the molecule is COC[C@H](C)N(C)c1ncnc(N2CC[C@@H](Oc3ccc([C@H](C)CC(C)=O)cc3)C2)c1F. The summed E-state index contributed by atoms with van der Waals surface area (Å²) in [7, 11) is 3.42. The summed E-state index contributed by atoms with van der Waals surface area (Å²) in [4.78, 5) is 23.4. The summed E-state index contributed by atoms with van der Waals surface area (Å²) in [6.07, 6.45) is 2.65. The van der Waals surface area contributed by atoms with Gasteiger partial charge in [-0.2, -0.15) is 4.39 Å². The third kappa shape index (κ3) is 5.73. The molecule has 0 aliphatic carbocycles. The molecule has 1 aromatic heterocycles. The maximum absolute atomic E-state index is 15.2. The molecule has 1 aromatic carbocycles. The Hall–Kier alpha value is -2.74. The molecule has 0 bridgehead atoms. The number of ether oxygens (including phenoxy) is 2. The molecule has 1 aliphatic rings. The molecule has 174 valence electrons. The van der Waals surface area contributed by atoms with Crippen LogP contribution in [0.1, 0.15) is 45.1 Å². The van der Waals surface area contributed by atoms with Gasteiger partial charge < -0.3 is 24.1 Å². The second-order valence-electron chi connectivity index (χ2n) is 8.60. The Bertz CT molecular complexity index is 909. The van der Waals surface area contributed by atoms with Crippen molar-refractivity contribution in [2.24, 2.45) is 0 Å². The van der Waals surface area contributed by atoms with Crippen LogP contribution in [0.3, 0.4) is 0 Å². The van der Waals surface area contributed by atoms with Crippen LogP contribution in [0, 0.1) is 5.82 Å². The smallest absolute Gasteiger partial charge is 0.208 e. The normalized spacial score (nSPS) is 17.8. The van der Waals surface area contributed by atoms with E-state index in [4.69, 9.17) is 9.47 Å². The molecule has 3 rings (SSSR count). The molecule has 2 heterocycles. The minimum Gasteiger partial charge on any atom is -0.489 e. The Morgan fingerprint density at radius 2 is 2.00 bits per heavy atom. The van der Waals surface area contributed by atoms with E-state index in [0.717, 1.165) is 17.7 Å². The fourth-order valence-corrected chi connectivity index (χ4v) is 4.01. The van der Waals surface area contributed by atoms with E-state index in [-0.39, 0.29) is 29.7 Å². The van der Waals surface area contributed by atoms with Gasteiger partial charge in [0.1, 0.15) is 24.0 Å². The first-order chi connectivity index (χ1) is 15.3. The molecule has 1 saturated heterocycles. The molecule has 0 unspecified atom stereocenters. The maximum atomic E-state index is 15.2. The van der Waals surface area contributed by atoms with E-state index in [0.29, 0.717) is 31.9 Å². The predicted octanol–water partition coefficient (Wildman–Crippen LogP) is 3.83. The summed E-state index contributed by atoms with van der Waals surface area (Å²) in [5, 5.41) is 0. The Kier molecular flexibility index (Phi) is 8.01. The van der Waals surface area contributed by atoms with Crippen LogP contribution in [0.4, 0.5) is 16.0 Å². The van der Waals surface area contributed by atoms with Gasteiger partial charge in [0.2, 0.25) is 5.82 Å². The summed E-state index contributed by atoms with van der Waals surface area (Å²) in [5.74, 6) is 1.27. The molecule has 0 spiro atoms. The summed E-state index contributed by atoms with van der Waals surface area (Å²) in [5.41, 5.74) is 1.11. The van der Waals surface area contributed by atoms with Crippen LogP contribution in [0.5, 0.6) is 5.75 Å². The number of benzene rings is 1. The van der Waals surface area contributed by atoms with Crippen molar-refractivity contribution in [3.8, 4) is 5.75 Å². The summed E-state index contributed by atoms with van der Waals surface area (Å²) in [6.45, 7) is 7.29. The number of carbonyl (C=O) groups is 1. The van der Waals surface area contributed by atoms with Gasteiger partial charge >= 0.3 is 0 Å². The van der Waals surface area contributed by atoms with Gasteiger partial charge in [0.05, 0.1) is 19.2 Å². The highest BCUT2D eigenvalue weighted by Crippen LogP contribution is 2.29. The summed E-state index contributed by atoms with van der Waals surface area (Å²) in [6, 6.07) is 7.86. The van der Waals surface area contributed by atoms with Gasteiger partial charge in [-0.05, 0) is 37.5 Å². The van der Waals surface area contributed by atoms with Gasteiger partial charge in [0, 0.05) is 33.5 Å². The van der Waals surface area contributed by atoms with Crippen molar-refractivity contribution in [3.05, 3.63) is 42.0 Å². The van der Waals surface area contributed by atoms with Crippen LogP contribution < -0.4 is 14.5 Å². The van der Waals surface area contributed by atoms with Crippen LogP contribution in [0.15, 0.2) is 30.6 Å². The van der Waals surface area contributed by atoms with Crippen molar-refractivity contribution in [2.75, 3.05) is 43.7 Å². The molecule has 0 saturated carbocycles. The van der Waals surface area contributed by atoms with Gasteiger partial charge in [0.15, 0.2) is 11.6 Å². The van der Waals surface area contributed by atoms with Crippen LogP contribution in [-0.2, 0) is 9.53 Å². The van der Waals surface area contributed by atoms with E-state index in [2.05, 4.69) is 9.97 Å². The van der Waals surface area contributed by atoms with Crippen molar-refractivity contribution in [1.29, 1.82) is 0 Å². The highest BCUT2D eigenvalue weighted by Gasteiger charge is 2.29. The fourth-order valence-electron chi connectivity index (χ4n) is 4.01. The number of anilines is 2. The molecular weight excluding hydrogens is 411 g/mol. The van der Waals surface area contributed by atoms with Gasteiger partial charge in [-0.25, -0.2) is 9.97 Å². The molecule has 0 amide bonds. The van der Waals surface area contributed by atoms with E-state index in [1.54, 1.807) is 26.0 Å². The second kappa shape index (κ2) is 10.7. The highest BCUT2D eigenvalue weighted by molar-refractivity contribution is 5.76. The lowest BCUT2D eigenvalue weighted by molar-refractivity contribution is -0.117. The average Bonchev–Trinajstić information content (AvgIpc) is 3.21. The average molecular weight is 445 g/mol. The molecule has 0 radical (unpaired) electrons. The topological polar surface area (TPSA) is 67.8 Å². The minimum absolute atomic E-state index is 0.0203. The molecule has 1 fully saturated rings. The van der Waals surface area contributed by atoms with Crippen molar-refractivity contribution >= 4 is 17.4 Å². The number of hydrogen-bond acceptors (Lipinski definition) is 7. The zero-order valence-electron chi connectivity index (χ0n) is 19.5. The zero-order valence-corrected chi connectivity index (χ0v) is 19.5. The molecule has 0 N–H and O–H groups in total. The van der Waals surface area contributed by atoms with Crippen molar-refractivity contribution < 1.29 is 18.7 Å². The van der Waals surface area contributed by atoms with Crippen LogP contribution in [0.2, 0.25) is 0 Å². The number of carbonyl (C=O) groups excluding carboxylic acids is 1. The number of ketones is 1. The maximum Gasteiger partial charge on any atom is 0.208 e. The number of aromatic nitrogens is 2. The number of nitrogens with zero attached hydrogens (tertiary/aromatic N) is 4. The number of likely N-dealkylation sites (N-methyl/N-ethyl adjacent to an activating group) is 1. The molecule has 32 heavy (non-hydrogen) atoms. The Labute approximate surface area is 189 Å². The lowest BCUT2D eigenvalue weighted by Crippen LogP contribution is -2.34. The van der Waals surface area contributed by atoms with E-state index in [1.165, 1.54) is 6.33 Å². The molecular formula is C24H33FN4O3. The zero-order chi connectivity index (χ0) is 23.3. The fraction of sp³-hybridized carbons (Fsp3) is 0.542. The first-order valence-electron chi connectivity index (χ1n) is 11.0. The Morgan fingerprint density at radius 3 is 2.66 bits per heavy atom. The van der Waals surface area contributed by atoms with Crippen LogP contribution in [-0.4, -0.2) is 61.8 Å². The van der Waals surface area contributed by atoms with E-state index in [1.807, 2.05) is 43.0 Å². The van der Waals surface area contributed by atoms with E-state index < -0.39 is 5.82 Å². The van der Waals surface area contributed by atoms with Crippen LogP contribution >= 0.6 is 0 Å². The van der Waals surface area contributed by atoms with Crippen molar-refractivity contribution in [3.63, 3.8) is 0 Å². The largest absolute Gasteiger partial charge is 0.489 e. The lowest BCUT2D eigenvalue weighted by Gasteiger charge is -2.27. The molecule has 3 atom stereocenters. The minimum atomic E-state index is -0.428. The number of methoxy groups -OCH3 is 1. The van der Waals surface area contributed by atoms with Crippen molar-refractivity contribution in [1.82, 2.24) is 9.97 Å². The predicted molar refractivity (Wildman–Crippen MR) is 123 cm³/mol. The van der Waals surface area contributed by atoms with Gasteiger partial charge in [-0.1, -0.05) is 19.1 Å². The van der Waals surface area contributed by atoms with Gasteiger partial charge in [-0.15, -0.1) is 0 Å². The Balaban J connectivity index is 1.63. The summed E-state index contributed by atoms with van der Waals surface area (Å²) >= 11 is 0. The standard InChI is InChI=1S/C24H33FN4O3/c1-16(12-18(3)30)19-6-8-20(9-7-19)32-21-10-11-29(13-21)24-22(25)23(26-15-27-24)28(4)17(2)14-31-5/h6-9,15-17,21H,10-14H2,1-5H3/t16-,17+,21-/m1/s1. The molecule has 7 nitrogen and oxygen atoms in total. The third-order valence-electron chi connectivity index (χ3n) is 5.95. The summed E-state index contributed by atoms with van der Waals surface area (Å²) < 4.78 is 26.5. The van der Waals surface area contributed by atoms with Crippen molar-refractivity contribution in [2.45, 2.75) is 51.7 Å². The van der Waals surface area contributed by atoms with Gasteiger partial charge in [-0.3, -0.25) is 0 Å². The monoisotopic (exact) mass is 444 g/mol. The first-order valence-corrected chi connectivity index (χ1v) is 11.0. The van der Waals surface area contributed by atoms with E-state index in [9.17, 15) is 4.79 Å². The second-order valence-corrected chi connectivity index (χ2v) is 8.60. The van der Waals surface area contributed by atoms with E-state index >= 15 is 4.39 Å². The molecule has 2 aromatic rings. The third-order valence-corrected chi connectivity index (χ3v) is 5.95. The van der Waals surface area contributed by atoms with Gasteiger partial charge in [0.25, 0.3) is 0 Å². The number of Topliss-reactive ketones (excluding diaryl/α,β-unsaturated/α-hetero) is 1. The lowest BCUT2D eigenvalue weighted by atomic mass is 9.96. The highest BCUT2D eigenvalue weighted by atomic mass is 19.1. The number of halogens is 1. The quantitative estimate of drug-likeness (QED) is 0.552.